The second-order valence-electron chi connectivity index (χ2n) is 8.96. The van der Waals surface area contributed by atoms with E-state index in [4.69, 9.17) is 0 Å². The molecule has 4 rings (SSSR count). The van der Waals surface area contributed by atoms with Crippen LogP contribution in [0.4, 0.5) is 4.39 Å². The molecular weight excluding hydrogens is 377 g/mol. The Bertz CT molecular complexity index is 825. The molecule has 160 valence electrons. The van der Waals surface area contributed by atoms with Crippen LogP contribution >= 0.6 is 0 Å². The highest BCUT2D eigenvalue weighted by atomic mass is 19.1. The van der Waals surface area contributed by atoms with Crippen LogP contribution in [0.25, 0.3) is 0 Å². The molecule has 0 aromatic heterocycles. The lowest BCUT2D eigenvalue weighted by molar-refractivity contribution is -0.123. The predicted octanol–water partition coefficient (Wildman–Crippen LogP) is 4.18. The molecule has 2 aromatic carbocycles. The van der Waals surface area contributed by atoms with Crippen molar-refractivity contribution in [2.75, 3.05) is 0 Å². The van der Waals surface area contributed by atoms with Crippen LogP contribution in [0, 0.1) is 5.82 Å². The van der Waals surface area contributed by atoms with Gasteiger partial charge in [-0.25, -0.2) is 4.39 Å². The van der Waals surface area contributed by atoms with Crippen LogP contribution in [0.5, 0.6) is 0 Å². The lowest BCUT2D eigenvalue weighted by atomic mass is 9.90. The minimum absolute atomic E-state index is 0.00358. The first-order valence-corrected chi connectivity index (χ1v) is 11.1. The topological polar surface area (TPSA) is 44.4 Å². The highest BCUT2D eigenvalue weighted by Gasteiger charge is 2.34. The van der Waals surface area contributed by atoms with E-state index in [9.17, 15) is 9.18 Å². The number of carbonyl (C=O) groups excluding carboxylic acids is 1. The van der Waals surface area contributed by atoms with Crippen molar-refractivity contribution in [3.63, 3.8) is 0 Å². The van der Waals surface area contributed by atoms with Crippen molar-refractivity contribution in [3.05, 3.63) is 71.5 Å². The lowest BCUT2D eigenvalue weighted by Gasteiger charge is -2.44. The molecule has 2 aliphatic rings. The lowest BCUT2D eigenvalue weighted by Crippen LogP contribution is -2.53. The number of carbonyl (C=O) groups is 1. The molecule has 2 fully saturated rings. The monoisotopic (exact) mass is 409 g/mol. The van der Waals surface area contributed by atoms with Crippen LogP contribution in [0.2, 0.25) is 0 Å². The number of nitrogens with one attached hydrogen (secondary N) is 2. The van der Waals surface area contributed by atoms with Gasteiger partial charge in [0.1, 0.15) is 11.9 Å². The Hall–Kier alpha value is -2.24. The molecule has 2 aromatic rings. The van der Waals surface area contributed by atoms with Gasteiger partial charge >= 0.3 is 0 Å². The minimum Gasteiger partial charge on any atom is -0.352 e. The van der Waals surface area contributed by atoms with E-state index in [2.05, 4.69) is 59.7 Å². The van der Waals surface area contributed by atoms with E-state index in [1.54, 1.807) is 12.1 Å². The zero-order chi connectivity index (χ0) is 21.1. The number of hydrogen-bond acceptors (Lipinski definition) is 3. The van der Waals surface area contributed by atoms with Gasteiger partial charge in [-0.1, -0.05) is 42.5 Å². The normalized spacial score (nSPS) is 25.6. The molecular formula is C25H32FN3O. The Morgan fingerprint density at radius 1 is 1.00 bits per heavy atom. The summed E-state index contributed by atoms with van der Waals surface area (Å²) in [7, 11) is 0. The summed E-state index contributed by atoms with van der Waals surface area (Å²) >= 11 is 0. The molecule has 2 N–H and O–H groups in total. The largest absolute Gasteiger partial charge is 0.352 e. The van der Waals surface area contributed by atoms with Crippen LogP contribution in [-0.4, -0.2) is 35.0 Å². The van der Waals surface area contributed by atoms with Crippen molar-refractivity contribution in [2.45, 2.75) is 76.3 Å². The molecule has 1 heterocycles. The van der Waals surface area contributed by atoms with Gasteiger partial charge in [0.15, 0.2) is 0 Å². The molecule has 4 atom stereocenters. The molecule has 5 heteroatoms. The van der Waals surface area contributed by atoms with Gasteiger partial charge in [-0.05, 0) is 62.8 Å². The standard InChI is InChI=1S/C25H32FN3O/c1-17-14-23(15-18(2)29(17)16-19-6-4-3-5-7-19)27-24(25(30)28-22-12-13-22)20-8-10-21(26)11-9-20/h3-11,17-18,22-24,27H,12-16H2,1-2H3,(H,28,30)/t17-,18+,23?,24?. The van der Waals surface area contributed by atoms with Gasteiger partial charge < -0.3 is 5.32 Å². The van der Waals surface area contributed by atoms with Gasteiger partial charge in [0.25, 0.3) is 0 Å². The first-order chi connectivity index (χ1) is 14.5. The van der Waals surface area contributed by atoms with Crippen LogP contribution in [-0.2, 0) is 11.3 Å². The average Bonchev–Trinajstić information content (AvgIpc) is 3.54. The second kappa shape index (κ2) is 9.27. The fraction of sp³-hybridized carbons (Fsp3) is 0.480. The number of likely N-dealkylation sites (tertiary alicyclic amines) is 1. The van der Waals surface area contributed by atoms with Gasteiger partial charge in [-0.15, -0.1) is 0 Å². The SMILES string of the molecule is C[C@@H]1CC(NC(C(=O)NC2CC2)c2ccc(F)cc2)C[C@H](C)N1Cc1ccccc1. The average molecular weight is 410 g/mol. The highest BCUT2D eigenvalue weighted by molar-refractivity contribution is 5.83. The summed E-state index contributed by atoms with van der Waals surface area (Å²) in [6.45, 7) is 5.48. The molecule has 1 saturated heterocycles. The first-order valence-electron chi connectivity index (χ1n) is 11.1. The zero-order valence-corrected chi connectivity index (χ0v) is 17.9. The van der Waals surface area contributed by atoms with Gasteiger partial charge in [-0.3, -0.25) is 15.0 Å². The Morgan fingerprint density at radius 3 is 2.23 bits per heavy atom. The van der Waals surface area contributed by atoms with Crippen molar-refractivity contribution in [1.82, 2.24) is 15.5 Å². The van der Waals surface area contributed by atoms with E-state index in [0.717, 1.165) is 37.8 Å². The molecule has 4 nitrogen and oxygen atoms in total. The smallest absolute Gasteiger partial charge is 0.241 e. The predicted molar refractivity (Wildman–Crippen MR) is 117 cm³/mol. The summed E-state index contributed by atoms with van der Waals surface area (Å²) < 4.78 is 13.4. The van der Waals surface area contributed by atoms with Crippen molar-refractivity contribution >= 4 is 5.91 Å². The molecule has 1 amide bonds. The maximum atomic E-state index is 13.4. The maximum Gasteiger partial charge on any atom is 0.241 e. The molecule has 0 bridgehead atoms. The maximum absolute atomic E-state index is 13.4. The first kappa shape index (κ1) is 21.0. The number of rotatable bonds is 7. The fourth-order valence-corrected chi connectivity index (χ4v) is 4.59. The number of piperidine rings is 1. The van der Waals surface area contributed by atoms with Gasteiger partial charge in [0.05, 0.1) is 0 Å². The summed E-state index contributed by atoms with van der Waals surface area (Å²) in [5.41, 5.74) is 2.15. The molecule has 1 aliphatic carbocycles. The van der Waals surface area contributed by atoms with E-state index >= 15 is 0 Å². The Kier molecular flexibility index (Phi) is 6.49. The minimum atomic E-state index is -0.448. The summed E-state index contributed by atoms with van der Waals surface area (Å²) in [6.07, 6.45) is 4.05. The third kappa shape index (κ3) is 5.27. The third-order valence-corrected chi connectivity index (χ3v) is 6.38. The molecule has 0 spiro atoms. The molecule has 1 saturated carbocycles. The van der Waals surface area contributed by atoms with E-state index in [-0.39, 0.29) is 17.8 Å². The summed E-state index contributed by atoms with van der Waals surface area (Å²) in [5, 5.41) is 6.72. The van der Waals surface area contributed by atoms with E-state index in [0.29, 0.717) is 18.1 Å². The van der Waals surface area contributed by atoms with Crippen LogP contribution in [0.3, 0.4) is 0 Å². The van der Waals surface area contributed by atoms with Gasteiger partial charge in [0, 0.05) is 30.7 Å². The van der Waals surface area contributed by atoms with Gasteiger partial charge in [0.2, 0.25) is 5.91 Å². The van der Waals surface area contributed by atoms with E-state index in [1.165, 1.54) is 17.7 Å². The Morgan fingerprint density at radius 2 is 1.63 bits per heavy atom. The molecule has 1 aliphatic heterocycles. The molecule has 2 unspecified atom stereocenters. The number of hydrogen-bond donors (Lipinski definition) is 2. The summed E-state index contributed by atoms with van der Waals surface area (Å²) in [6, 6.07) is 17.8. The quantitative estimate of drug-likeness (QED) is 0.721. The second-order valence-corrected chi connectivity index (χ2v) is 8.96. The summed E-state index contributed by atoms with van der Waals surface area (Å²) in [5.74, 6) is -0.285. The zero-order valence-electron chi connectivity index (χ0n) is 17.9. The highest BCUT2D eigenvalue weighted by Crippen LogP contribution is 2.28. The Balaban J connectivity index is 1.44. The van der Waals surface area contributed by atoms with Crippen molar-refractivity contribution in [2.24, 2.45) is 0 Å². The number of benzene rings is 2. The summed E-state index contributed by atoms with van der Waals surface area (Å²) in [4.78, 5) is 15.5. The third-order valence-electron chi connectivity index (χ3n) is 6.38. The van der Waals surface area contributed by atoms with Crippen molar-refractivity contribution in [3.8, 4) is 0 Å². The van der Waals surface area contributed by atoms with E-state index < -0.39 is 6.04 Å². The number of amides is 1. The van der Waals surface area contributed by atoms with Crippen LogP contribution in [0.1, 0.15) is 56.7 Å². The van der Waals surface area contributed by atoms with Crippen LogP contribution in [0.15, 0.2) is 54.6 Å². The van der Waals surface area contributed by atoms with Crippen molar-refractivity contribution < 1.29 is 9.18 Å². The molecule has 0 radical (unpaired) electrons. The molecule has 30 heavy (non-hydrogen) atoms. The number of nitrogens with zero attached hydrogens (tertiary/aromatic N) is 1. The fourth-order valence-electron chi connectivity index (χ4n) is 4.59. The Labute approximate surface area is 178 Å². The van der Waals surface area contributed by atoms with Gasteiger partial charge in [-0.2, -0.15) is 0 Å². The number of halogens is 1. The van der Waals surface area contributed by atoms with Crippen molar-refractivity contribution in [1.29, 1.82) is 0 Å². The van der Waals surface area contributed by atoms with Crippen LogP contribution < -0.4 is 10.6 Å². The van der Waals surface area contributed by atoms with E-state index in [1.807, 2.05) is 0 Å².